The van der Waals surface area contributed by atoms with Crippen LogP contribution in [-0.4, -0.2) is 25.1 Å². The standard InChI is InChI=1S/C13H13FN2O3S2/c1-9-2-3-10(6-11(9)14)7-16-12(17)8-21(18,19)13-15-4-5-20-13/h2-6H,7-8H2,1H3,(H,16,17). The van der Waals surface area contributed by atoms with E-state index in [0.717, 1.165) is 11.3 Å². The first-order valence-corrected chi connectivity index (χ1v) is 8.55. The summed E-state index contributed by atoms with van der Waals surface area (Å²) >= 11 is 0.961. The Morgan fingerprint density at radius 2 is 2.19 bits per heavy atom. The Morgan fingerprint density at radius 1 is 1.43 bits per heavy atom. The molecular formula is C13H13FN2O3S2. The van der Waals surface area contributed by atoms with Gasteiger partial charge in [0.25, 0.3) is 0 Å². The molecule has 0 saturated carbocycles. The molecule has 2 aromatic rings. The van der Waals surface area contributed by atoms with Crippen LogP contribution in [0.1, 0.15) is 11.1 Å². The van der Waals surface area contributed by atoms with Gasteiger partial charge in [0.1, 0.15) is 11.6 Å². The van der Waals surface area contributed by atoms with Crippen molar-refractivity contribution in [3.05, 3.63) is 46.7 Å². The number of thiazole rings is 1. The van der Waals surface area contributed by atoms with Gasteiger partial charge >= 0.3 is 0 Å². The molecule has 2 rings (SSSR count). The van der Waals surface area contributed by atoms with Gasteiger partial charge in [-0.3, -0.25) is 4.79 Å². The number of rotatable bonds is 5. The van der Waals surface area contributed by atoms with Crippen LogP contribution < -0.4 is 5.32 Å². The third-order valence-electron chi connectivity index (χ3n) is 2.72. The molecule has 8 heteroatoms. The lowest BCUT2D eigenvalue weighted by Crippen LogP contribution is -2.29. The maximum Gasteiger partial charge on any atom is 0.235 e. The molecule has 1 N–H and O–H groups in total. The number of carbonyl (C=O) groups is 1. The van der Waals surface area contributed by atoms with E-state index < -0.39 is 21.5 Å². The lowest BCUT2D eigenvalue weighted by Gasteiger charge is -2.06. The summed E-state index contributed by atoms with van der Waals surface area (Å²) < 4.78 is 36.9. The number of amides is 1. The number of aromatic nitrogens is 1. The Balaban J connectivity index is 1.95. The van der Waals surface area contributed by atoms with Crippen LogP contribution in [0.25, 0.3) is 0 Å². The lowest BCUT2D eigenvalue weighted by molar-refractivity contribution is -0.118. The average molecular weight is 328 g/mol. The summed E-state index contributed by atoms with van der Waals surface area (Å²) in [5.41, 5.74) is 1.08. The largest absolute Gasteiger partial charge is 0.351 e. The molecular weight excluding hydrogens is 315 g/mol. The smallest absolute Gasteiger partial charge is 0.235 e. The van der Waals surface area contributed by atoms with Crippen molar-refractivity contribution in [2.24, 2.45) is 0 Å². The summed E-state index contributed by atoms with van der Waals surface area (Å²) in [5.74, 6) is -1.68. The van der Waals surface area contributed by atoms with E-state index in [4.69, 9.17) is 0 Å². The molecule has 1 heterocycles. The predicted octanol–water partition coefficient (Wildman–Crippen LogP) is 1.68. The number of hydrogen-bond donors (Lipinski definition) is 1. The zero-order valence-corrected chi connectivity index (χ0v) is 12.8. The SMILES string of the molecule is Cc1ccc(CNC(=O)CS(=O)(=O)c2nccs2)cc1F. The minimum atomic E-state index is -3.71. The highest BCUT2D eigenvalue weighted by Crippen LogP contribution is 2.13. The molecule has 0 atom stereocenters. The molecule has 112 valence electrons. The van der Waals surface area contributed by atoms with Gasteiger partial charge in [-0.15, -0.1) is 11.3 Å². The molecule has 0 saturated heterocycles. The van der Waals surface area contributed by atoms with Crippen LogP contribution in [0.3, 0.4) is 0 Å². The normalized spacial score (nSPS) is 11.3. The van der Waals surface area contributed by atoms with Gasteiger partial charge in [-0.2, -0.15) is 0 Å². The molecule has 0 bridgehead atoms. The maximum atomic E-state index is 13.3. The van der Waals surface area contributed by atoms with Gasteiger partial charge in [0.15, 0.2) is 0 Å². The molecule has 21 heavy (non-hydrogen) atoms. The number of benzene rings is 1. The van der Waals surface area contributed by atoms with E-state index in [1.54, 1.807) is 19.1 Å². The van der Waals surface area contributed by atoms with Crippen molar-refractivity contribution in [3.63, 3.8) is 0 Å². The summed E-state index contributed by atoms with van der Waals surface area (Å²) in [4.78, 5) is 15.4. The molecule has 0 aliphatic carbocycles. The summed E-state index contributed by atoms with van der Waals surface area (Å²) in [6.07, 6.45) is 1.37. The molecule has 0 unspecified atom stereocenters. The third-order valence-corrected chi connectivity index (χ3v) is 5.62. The third kappa shape index (κ3) is 4.08. The van der Waals surface area contributed by atoms with Crippen LogP contribution in [0.4, 0.5) is 4.39 Å². The quantitative estimate of drug-likeness (QED) is 0.906. The van der Waals surface area contributed by atoms with Gasteiger partial charge in [-0.05, 0) is 24.1 Å². The van der Waals surface area contributed by atoms with Crippen molar-refractivity contribution in [1.29, 1.82) is 0 Å². The number of nitrogens with one attached hydrogen (secondary N) is 1. The fourth-order valence-corrected chi connectivity index (χ4v) is 3.68. The number of halogens is 1. The highest BCUT2D eigenvalue weighted by atomic mass is 32.2. The first-order valence-electron chi connectivity index (χ1n) is 6.02. The first-order chi connectivity index (χ1) is 9.88. The molecule has 0 fully saturated rings. The summed E-state index contributed by atoms with van der Waals surface area (Å²) in [5, 5.41) is 3.98. The number of nitrogens with zero attached hydrogens (tertiary/aromatic N) is 1. The van der Waals surface area contributed by atoms with E-state index in [9.17, 15) is 17.6 Å². The minimum Gasteiger partial charge on any atom is -0.351 e. The summed E-state index contributed by atoms with van der Waals surface area (Å²) in [7, 11) is -3.71. The molecule has 5 nitrogen and oxygen atoms in total. The van der Waals surface area contributed by atoms with E-state index in [-0.39, 0.29) is 16.7 Å². The van der Waals surface area contributed by atoms with Crippen molar-refractivity contribution in [2.45, 2.75) is 17.8 Å². The number of hydrogen-bond acceptors (Lipinski definition) is 5. The van der Waals surface area contributed by atoms with Crippen molar-refractivity contribution in [3.8, 4) is 0 Å². The second kappa shape index (κ2) is 6.31. The first kappa shape index (κ1) is 15.6. The zero-order valence-electron chi connectivity index (χ0n) is 11.2. The Morgan fingerprint density at radius 3 is 2.81 bits per heavy atom. The molecule has 0 spiro atoms. The highest BCUT2D eigenvalue weighted by Gasteiger charge is 2.21. The van der Waals surface area contributed by atoms with E-state index in [1.807, 2.05) is 0 Å². The zero-order chi connectivity index (χ0) is 15.5. The van der Waals surface area contributed by atoms with Gasteiger partial charge in [0.05, 0.1) is 0 Å². The second-order valence-corrected chi connectivity index (χ2v) is 7.48. The Hall–Kier alpha value is -1.80. The van der Waals surface area contributed by atoms with Crippen LogP contribution in [0.15, 0.2) is 34.1 Å². The van der Waals surface area contributed by atoms with Gasteiger partial charge in [0.2, 0.25) is 20.1 Å². The predicted molar refractivity (Wildman–Crippen MR) is 77.2 cm³/mol. The van der Waals surface area contributed by atoms with Crippen molar-refractivity contribution in [1.82, 2.24) is 10.3 Å². The number of sulfone groups is 1. The molecule has 0 aliphatic heterocycles. The number of carbonyl (C=O) groups excluding carboxylic acids is 1. The van der Waals surface area contributed by atoms with E-state index in [0.29, 0.717) is 11.1 Å². The van der Waals surface area contributed by atoms with E-state index in [2.05, 4.69) is 10.3 Å². The van der Waals surface area contributed by atoms with E-state index in [1.165, 1.54) is 17.6 Å². The van der Waals surface area contributed by atoms with Gasteiger partial charge in [-0.25, -0.2) is 17.8 Å². The van der Waals surface area contributed by atoms with E-state index >= 15 is 0 Å². The molecule has 0 aliphatic rings. The van der Waals surface area contributed by atoms with Gasteiger partial charge in [-0.1, -0.05) is 12.1 Å². The van der Waals surface area contributed by atoms with Gasteiger partial charge in [0, 0.05) is 18.1 Å². The monoisotopic (exact) mass is 328 g/mol. The maximum absolute atomic E-state index is 13.3. The highest BCUT2D eigenvalue weighted by molar-refractivity contribution is 7.93. The Labute approximate surface area is 125 Å². The summed E-state index contributed by atoms with van der Waals surface area (Å²) in [6.45, 7) is 1.71. The van der Waals surface area contributed by atoms with Crippen LogP contribution in [0.2, 0.25) is 0 Å². The topological polar surface area (TPSA) is 76.1 Å². The Bertz CT molecular complexity index is 743. The lowest BCUT2D eigenvalue weighted by atomic mass is 10.1. The minimum absolute atomic E-state index is 0.0728. The molecule has 0 radical (unpaired) electrons. The fourth-order valence-electron chi connectivity index (χ4n) is 1.60. The van der Waals surface area contributed by atoms with Crippen LogP contribution in [0, 0.1) is 12.7 Å². The van der Waals surface area contributed by atoms with Crippen LogP contribution in [-0.2, 0) is 21.2 Å². The summed E-state index contributed by atoms with van der Waals surface area (Å²) in [6, 6.07) is 4.59. The van der Waals surface area contributed by atoms with Crippen LogP contribution in [0.5, 0.6) is 0 Å². The van der Waals surface area contributed by atoms with Crippen LogP contribution >= 0.6 is 11.3 Å². The van der Waals surface area contributed by atoms with Crippen molar-refractivity contribution >= 4 is 27.1 Å². The Kier molecular flexibility index (Phi) is 4.69. The second-order valence-electron chi connectivity index (χ2n) is 4.42. The van der Waals surface area contributed by atoms with Crippen molar-refractivity contribution < 1.29 is 17.6 Å². The average Bonchev–Trinajstić information content (AvgIpc) is 2.94. The fraction of sp³-hybridized carbons (Fsp3) is 0.231. The number of aryl methyl sites for hydroxylation is 1. The van der Waals surface area contributed by atoms with Crippen molar-refractivity contribution in [2.75, 3.05) is 5.75 Å². The molecule has 1 aromatic heterocycles. The molecule has 1 amide bonds. The van der Waals surface area contributed by atoms with Gasteiger partial charge < -0.3 is 5.32 Å². The molecule has 1 aromatic carbocycles.